The topological polar surface area (TPSA) is 70.5 Å². The molecule has 3 aromatic rings. The van der Waals surface area contributed by atoms with E-state index in [-0.39, 0.29) is 11.3 Å². The van der Waals surface area contributed by atoms with Crippen LogP contribution in [0.4, 0.5) is 5.69 Å². The summed E-state index contributed by atoms with van der Waals surface area (Å²) in [6.45, 7) is 1.78. The molecule has 0 spiro atoms. The first-order valence-corrected chi connectivity index (χ1v) is 10.3. The average molecular weight is 484 g/mol. The number of aliphatic hydroxyl groups is 1. The maximum absolute atomic E-state index is 13.1. The Kier molecular flexibility index (Phi) is 5.45. The van der Waals surface area contributed by atoms with Crippen molar-refractivity contribution in [2.45, 2.75) is 13.0 Å². The van der Waals surface area contributed by atoms with Crippen molar-refractivity contribution in [3.63, 3.8) is 0 Å². The molecule has 0 saturated carbocycles. The number of rotatable bonds is 3. The van der Waals surface area contributed by atoms with E-state index in [0.717, 1.165) is 4.47 Å². The van der Waals surface area contributed by atoms with E-state index in [9.17, 15) is 14.7 Å². The van der Waals surface area contributed by atoms with Gasteiger partial charge in [-0.2, -0.15) is 0 Å². The van der Waals surface area contributed by atoms with Crippen LogP contribution in [0.5, 0.6) is 0 Å². The Morgan fingerprint density at radius 1 is 1.07 bits per heavy atom. The molecular weight excluding hydrogens is 468 g/mol. The van der Waals surface area contributed by atoms with Gasteiger partial charge in [-0.25, -0.2) is 0 Å². The van der Waals surface area contributed by atoms with Crippen LogP contribution in [-0.4, -0.2) is 21.8 Å². The fraction of sp³-hybridized carbons (Fsp3) is 0.0870. The molecule has 150 valence electrons. The zero-order valence-corrected chi connectivity index (χ0v) is 18.2. The third kappa shape index (κ3) is 3.42. The first kappa shape index (κ1) is 20.3. The molecule has 1 aliphatic heterocycles. The highest BCUT2D eigenvalue weighted by Crippen LogP contribution is 2.43. The summed E-state index contributed by atoms with van der Waals surface area (Å²) in [5, 5.41) is 11.5. The molecule has 0 bridgehead atoms. The highest BCUT2D eigenvalue weighted by atomic mass is 79.9. The number of pyridine rings is 1. The highest BCUT2D eigenvalue weighted by Gasteiger charge is 2.48. The lowest BCUT2D eigenvalue weighted by Crippen LogP contribution is -2.30. The number of ketones is 1. The Morgan fingerprint density at radius 3 is 2.47 bits per heavy atom. The van der Waals surface area contributed by atoms with Crippen LogP contribution in [0, 0.1) is 6.92 Å². The van der Waals surface area contributed by atoms with Crippen molar-refractivity contribution < 1.29 is 14.7 Å². The summed E-state index contributed by atoms with van der Waals surface area (Å²) in [5.41, 5.74) is 2.04. The maximum atomic E-state index is 13.1. The molecular formula is C23H16BrClN2O3. The van der Waals surface area contributed by atoms with Crippen molar-refractivity contribution in [2.75, 3.05) is 4.90 Å². The van der Waals surface area contributed by atoms with Gasteiger partial charge in [0.15, 0.2) is 0 Å². The summed E-state index contributed by atoms with van der Waals surface area (Å²) in [4.78, 5) is 31.9. The Balaban J connectivity index is 1.97. The van der Waals surface area contributed by atoms with Crippen LogP contribution < -0.4 is 4.90 Å². The zero-order valence-electron chi connectivity index (χ0n) is 15.8. The molecule has 30 heavy (non-hydrogen) atoms. The zero-order chi connectivity index (χ0) is 21.4. The van der Waals surface area contributed by atoms with Crippen molar-refractivity contribution >= 4 is 50.7 Å². The van der Waals surface area contributed by atoms with E-state index in [0.29, 0.717) is 27.5 Å². The monoisotopic (exact) mass is 482 g/mol. The van der Waals surface area contributed by atoms with Gasteiger partial charge in [0.2, 0.25) is 0 Å². The SMILES string of the molecule is Cc1c(Cl)cccc1N1C(=O)C(=O)/C(=C(/O)c2ccc(Br)cc2)C1c1ccccn1. The second-order valence-electron chi connectivity index (χ2n) is 6.81. The number of halogens is 2. The summed E-state index contributed by atoms with van der Waals surface area (Å²) >= 11 is 9.63. The van der Waals surface area contributed by atoms with Gasteiger partial charge in [0.25, 0.3) is 11.7 Å². The minimum absolute atomic E-state index is 0.0135. The quantitative estimate of drug-likeness (QED) is 0.306. The van der Waals surface area contributed by atoms with Gasteiger partial charge in [-0.1, -0.05) is 51.8 Å². The Morgan fingerprint density at radius 2 is 1.80 bits per heavy atom. The van der Waals surface area contributed by atoms with E-state index >= 15 is 0 Å². The molecule has 5 nitrogen and oxygen atoms in total. The van der Waals surface area contributed by atoms with Crippen LogP contribution in [0.3, 0.4) is 0 Å². The van der Waals surface area contributed by atoms with Crippen molar-refractivity contribution in [3.05, 3.63) is 98.7 Å². The third-order valence-corrected chi connectivity index (χ3v) is 5.97. The molecule has 1 fully saturated rings. The van der Waals surface area contributed by atoms with Crippen LogP contribution >= 0.6 is 27.5 Å². The number of carbonyl (C=O) groups is 2. The molecule has 1 amide bonds. The third-order valence-electron chi connectivity index (χ3n) is 5.03. The van der Waals surface area contributed by atoms with E-state index < -0.39 is 17.7 Å². The van der Waals surface area contributed by atoms with Gasteiger partial charge in [-0.15, -0.1) is 0 Å². The van der Waals surface area contributed by atoms with E-state index in [1.165, 1.54) is 4.90 Å². The molecule has 1 N–H and O–H groups in total. The Hall–Kier alpha value is -2.96. The first-order chi connectivity index (χ1) is 14.4. The van der Waals surface area contributed by atoms with Crippen molar-refractivity contribution in [3.8, 4) is 0 Å². The fourth-order valence-electron chi connectivity index (χ4n) is 3.52. The van der Waals surface area contributed by atoms with Gasteiger partial charge in [0.05, 0.1) is 11.3 Å². The summed E-state index contributed by atoms with van der Waals surface area (Å²) in [7, 11) is 0. The molecule has 4 rings (SSSR count). The van der Waals surface area contributed by atoms with E-state index in [4.69, 9.17) is 11.6 Å². The summed E-state index contributed by atoms with van der Waals surface area (Å²) < 4.78 is 0.829. The number of Topliss-reactive ketones (excluding diaryl/α,β-unsaturated/α-hetero) is 1. The van der Waals surface area contributed by atoms with E-state index in [1.54, 1.807) is 73.8 Å². The normalized spacial score (nSPS) is 18.1. The number of hydrogen-bond donors (Lipinski definition) is 1. The summed E-state index contributed by atoms with van der Waals surface area (Å²) in [5.74, 6) is -1.76. The molecule has 7 heteroatoms. The molecule has 2 aromatic carbocycles. The number of hydrogen-bond acceptors (Lipinski definition) is 4. The van der Waals surface area contributed by atoms with Gasteiger partial charge in [-0.3, -0.25) is 19.5 Å². The molecule has 0 aliphatic carbocycles. The predicted octanol–water partition coefficient (Wildman–Crippen LogP) is 5.43. The average Bonchev–Trinajstić information content (AvgIpc) is 3.01. The lowest BCUT2D eigenvalue weighted by molar-refractivity contribution is -0.132. The van der Waals surface area contributed by atoms with E-state index in [2.05, 4.69) is 20.9 Å². The molecule has 1 atom stereocenters. The van der Waals surface area contributed by atoms with Crippen LogP contribution in [0.1, 0.15) is 22.9 Å². The van der Waals surface area contributed by atoms with Gasteiger partial charge in [0, 0.05) is 26.9 Å². The molecule has 1 unspecified atom stereocenters. The van der Waals surface area contributed by atoms with Gasteiger partial charge in [0.1, 0.15) is 11.8 Å². The van der Waals surface area contributed by atoms with Crippen LogP contribution in [-0.2, 0) is 9.59 Å². The van der Waals surface area contributed by atoms with Crippen molar-refractivity contribution in [1.29, 1.82) is 0 Å². The number of carbonyl (C=O) groups excluding carboxylic acids is 2. The van der Waals surface area contributed by atoms with Crippen molar-refractivity contribution in [1.82, 2.24) is 4.98 Å². The number of aromatic nitrogens is 1. The predicted molar refractivity (Wildman–Crippen MR) is 119 cm³/mol. The number of anilines is 1. The number of aliphatic hydroxyl groups excluding tert-OH is 1. The first-order valence-electron chi connectivity index (χ1n) is 9.13. The minimum Gasteiger partial charge on any atom is -0.507 e. The Bertz CT molecular complexity index is 1180. The second-order valence-corrected chi connectivity index (χ2v) is 8.14. The summed E-state index contributed by atoms with van der Waals surface area (Å²) in [6.07, 6.45) is 1.58. The molecule has 2 heterocycles. The lowest BCUT2D eigenvalue weighted by Gasteiger charge is -2.26. The smallest absolute Gasteiger partial charge is 0.300 e. The minimum atomic E-state index is -0.882. The fourth-order valence-corrected chi connectivity index (χ4v) is 3.95. The molecule has 1 saturated heterocycles. The second kappa shape index (κ2) is 8.05. The van der Waals surface area contributed by atoms with E-state index in [1.807, 2.05) is 0 Å². The molecule has 0 radical (unpaired) electrons. The van der Waals surface area contributed by atoms with Crippen LogP contribution in [0.25, 0.3) is 5.76 Å². The summed E-state index contributed by atoms with van der Waals surface area (Å²) in [6, 6.07) is 16.4. The number of amides is 1. The largest absolute Gasteiger partial charge is 0.507 e. The van der Waals surface area contributed by atoms with Crippen molar-refractivity contribution in [2.24, 2.45) is 0 Å². The number of benzene rings is 2. The number of nitrogens with zero attached hydrogens (tertiary/aromatic N) is 2. The Labute approximate surface area is 186 Å². The highest BCUT2D eigenvalue weighted by molar-refractivity contribution is 9.10. The van der Waals surface area contributed by atoms with Gasteiger partial charge in [-0.05, 0) is 48.9 Å². The van der Waals surface area contributed by atoms with Crippen LogP contribution in [0.15, 0.2) is 76.9 Å². The van der Waals surface area contributed by atoms with Gasteiger partial charge >= 0.3 is 0 Å². The standard InChI is InChI=1S/C23H16BrClN2O3/c1-13-16(25)5-4-7-18(13)27-20(17-6-2-3-12-26-17)19(22(29)23(27)30)21(28)14-8-10-15(24)11-9-14/h2-12,20,28H,1H3/b21-19+. The van der Waals surface area contributed by atoms with Gasteiger partial charge < -0.3 is 5.11 Å². The molecule has 1 aromatic heterocycles. The maximum Gasteiger partial charge on any atom is 0.300 e. The van der Waals surface area contributed by atoms with Crippen LogP contribution in [0.2, 0.25) is 5.02 Å². The molecule has 1 aliphatic rings. The lowest BCUT2D eigenvalue weighted by atomic mass is 9.98.